The van der Waals surface area contributed by atoms with Gasteiger partial charge in [-0.3, -0.25) is 0 Å². The van der Waals surface area contributed by atoms with Crippen molar-refractivity contribution in [2.75, 3.05) is 23.5 Å². The second-order valence-electron chi connectivity index (χ2n) is 4.50. The average molecular weight is 305 g/mol. The van der Waals surface area contributed by atoms with E-state index in [1.807, 2.05) is 0 Å². The Morgan fingerprint density at radius 1 is 1.58 bits per heavy atom. The van der Waals surface area contributed by atoms with Crippen LogP contribution in [0.4, 0.5) is 5.82 Å². The minimum atomic E-state index is -2.99. The Bertz CT molecular complexity index is 617. The topological polar surface area (TPSA) is 87.6 Å². The maximum Gasteiger partial charge on any atom is 0.337 e. The number of sulfone groups is 1. The van der Waals surface area contributed by atoms with Crippen molar-refractivity contribution < 1.29 is 18.3 Å². The Balaban J connectivity index is 2.25. The largest absolute Gasteiger partial charge is 0.478 e. The van der Waals surface area contributed by atoms with Crippen molar-refractivity contribution >= 4 is 33.2 Å². The zero-order valence-electron chi connectivity index (χ0n) is 10.2. The van der Waals surface area contributed by atoms with Crippen LogP contribution in [0.15, 0.2) is 12.3 Å². The van der Waals surface area contributed by atoms with Crippen LogP contribution in [0.1, 0.15) is 16.8 Å². The van der Waals surface area contributed by atoms with Gasteiger partial charge in [0.2, 0.25) is 0 Å². The number of pyridine rings is 1. The Morgan fingerprint density at radius 3 is 2.74 bits per heavy atom. The highest BCUT2D eigenvalue weighted by Crippen LogP contribution is 2.28. The van der Waals surface area contributed by atoms with Crippen molar-refractivity contribution in [3.05, 3.63) is 22.8 Å². The molecule has 8 heteroatoms. The van der Waals surface area contributed by atoms with Crippen LogP contribution >= 0.6 is 11.6 Å². The summed E-state index contributed by atoms with van der Waals surface area (Å²) in [6.45, 7) is 0. The highest BCUT2D eigenvalue weighted by molar-refractivity contribution is 7.91. The molecule has 0 bridgehead atoms. The predicted molar refractivity (Wildman–Crippen MR) is 71.7 cm³/mol. The van der Waals surface area contributed by atoms with Crippen LogP contribution < -0.4 is 4.90 Å². The number of aromatic nitrogens is 1. The van der Waals surface area contributed by atoms with E-state index in [2.05, 4.69) is 4.98 Å². The molecule has 1 aliphatic heterocycles. The quantitative estimate of drug-likeness (QED) is 0.898. The molecule has 2 rings (SSSR count). The number of hydrogen-bond acceptors (Lipinski definition) is 5. The van der Waals surface area contributed by atoms with E-state index in [1.165, 1.54) is 12.3 Å². The van der Waals surface area contributed by atoms with Crippen LogP contribution in [0.25, 0.3) is 0 Å². The van der Waals surface area contributed by atoms with E-state index in [9.17, 15) is 13.2 Å². The van der Waals surface area contributed by atoms with Crippen molar-refractivity contribution in [2.45, 2.75) is 12.5 Å². The molecule has 0 radical (unpaired) electrons. The lowest BCUT2D eigenvalue weighted by atomic mass is 10.2. The van der Waals surface area contributed by atoms with Crippen molar-refractivity contribution in [1.82, 2.24) is 4.98 Å². The lowest BCUT2D eigenvalue weighted by Crippen LogP contribution is -2.33. The SMILES string of the molecule is CN(c1ncc(C(=O)O)cc1Cl)C1CCS(=O)(=O)C1. The number of carboxylic acids is 1. The van der Waals surface area contributed by atoms with Crippen LogP contribution in [-0.4, -0.2) is 49.1 Å². The number of anilines is 1. The fraction of sp³-hybridized carbons (Fsp3) is 0.455. The molecule has 1 fully saturated rings. The molecule has 0 aliphatic carbocycles. The first-order valence-corrected chi connectivity index (χ1v) is 7.82. The van der Waals surface area contributed by atoms with E-state index in [0.717, 1.165) is 0 Å². The summed E-state index contributed by atoms with van der Waals surface area (Å²) >= 11 is 6.00. The van der Waals surface area contributed by atoms with E-state index in [4.69, 9.17) is 16.7 Å². The molecule has 1 aromatic rings. The van der Waals surface area contributed by atoms with E-state index in [-0.39, 0.29) is 28.1 Å². The lowest BCUT2D eigenvalue weighted by molar-refractivity contribution is 0.0696. The first kappa shape index (κ1) is 14.1. The van der Waals surface area contributed by atoms with E-state index in [1.54, 1.807) is 11.9 Å². The second-order valence-corrected chi connectivity index (χ2v) is 7.14. The van der Waals surface area contributed by atoms with Gasteiger partial charge in [0.05, 0.1) is 22.1 Å². The third-order valence-corrected chi connectivity index (χ3v) is 5.19. The van der Waals surface area contributed by atoms with Crippen molar-refractivity contribution in [1.29, 1.82) is 0 Å². The number of rotatable bonds is 3. The highest BCUT2D eigenvalue weighted by atomic mass is 35.5. The van der Waals surface area contributed by atoms with Gasteiger partial charge in [-0.05, 0) is 12.5 Å². The number of aromatic carboxylic acids is 1. The third kappa shape index (κ3) is 2.98. The minimum absolute atomic E-state index is 0.00111. The number of halogens is 1. The fourth-order valence-electron chi connectivity index (χ4n) is 2.06. The summed E-state index contributed by atoms with van der Waals surface area (Å²) in [5.74, 6) is -0.476. The molecule has 1 unspecified atom stereocenters. The Labute approximate surface area is 115 Å². The molecular weight excluding hydrogens is 292 g/mol. The molecule has 1 atom stereocenters. The van der Waals surface area contributed by atoms with Crippen LogP contribution in [0.5, 0.6) is 0 Å². The Kier molecular flexibility index (Phi) is 3.69. The van der Waals surface area contributed by atoms with Crippen LogP contribution in [0.3, 0.4) is 0 Å². The molecule has 0 aromatic carbocycles. The van der Waals surface area contributed by atoms with Crippen LogP contribution in [-0.2, 0) is 9.84 Å². The van der Waals surface area contributed by atoms with E-state index >= 15 is 0 Å². The standard InChI is InChI=1S/C11H13ClN2O4S/c1-14(8-2-3-19(17,18)6-8)10-9(12)4-7(5-13-10)11(15)16/h4-5,8H,2-3,6H2,1H3,(H,15,16). The van der Waals surface area contributed by atoms with Gasteiger partial charge in [-0.25, -0.2) is 18.2 Å². The molecule has 1 N–H and O–H groups in total. The lowest BCUT2D eigenvalue weighted by Gasteiger charge is -2.25. The van der Waals surface area contributed by atoms with E-state index < -0.39 is 15.8 Å². The van der Waals surface area contributed by atoms with Crippen LogP contribution in [0, 0.1) is 0 Å². The fourth-order valence-corrected chi connectivity index (χ4v) is 4.13. The molecule has 0 saturated carbocycles. The first-order chi connectivity index (χ1) is 8.80. The molecular formula is C11H13ClN2O4S. The maximum absolute atomic E-state index is 11.4. The minimum Gasteiger partial charge on any atom is -0.478 e. The summed E-state index contributed by atoms with van der Waals surface area (Å²) in [7, 11) is -1.28. The van der Waals surface area contributed by atoms with Crippen molar-refractivity contribution in [3.63, 3.8) is 0 Å². The molecule has 0 amide bonds. The summed E-state index contributed by atoms with van der Waals surface area (Å²) in [6.07, 6.45) is 1.74. The Morgan fingerprint density at radius 2 is 2.26 bits per heavy atom. The molecule has 2 heterocycles. The number of hydrogen-bond donors (Lipinski definition) is 1. The highest BCUT2D eigenvalue weighted by Gasteiger charge is 2.32. The van der Waals surface area contributed by atoms with Gasteiger partial charge >= 0.3 is 5.97 Å². The van der Waals surface area contributed by atoms with Crippen molar-refractivity contribution in [2.24, 2.45) is 0 Å². The van der Waals surface area contributed by atoms with Gasteiger partial charge in [-0.1, -0.05) is 11.6 Å². The average Bonchev–Trinajstić information content (AvgIpc) is 2.68. The maximum atomic E-state index is 11.4. The Hall–Kier alpha value is -1.34. The molecule has 19 heavy (non-hydrogen) atoms. The number of carboxylic acid groups (broad SMARTS) is 1. The third-order valence-electron chi connectivity index (χ3n) is 3.16. The second kappa shape index (κ2) is 4.97. The van der Waals surface area contributed by atoms with Gasteiger partial charge < -0.3 is 10.0 Å². The van der Waals surface area contributed by atoms with E-state index in [0.29, 0.717) is 12.2 Å². The molecule has 0 spiro atoms. The molecule has 104 valence electrons. The molecule has 1 saturated heterocycles. The summed E-state index contributed by atoms with van der Waals surface area (Å²) in [4.78, 5) is 16.5. The normalized spacial score (nSPS) is 21.3. The number of nitrogens with zero attached hydrogens (tertiary/aromatic N) is 2. The summed E-state index contributed by atoms with van der Waals surface area (Å²) < 4.78 is 22.9. The van der Waals surface area contributed by atoms with Crippen molar-refractivity contribution in [3.8, 4) is 0 Å². The molecule has 1 aliphatic rings. The van der Waals surface area contributed by atoms with Crippen LogP contribution in [0.2, 0.25) is 5.02 Å². The monoisotopic (exact) mass is 304 g/mol. The molecule has 6 nitrogen and oxygen atoms in total. The van der Waals surface area contributed by atoms with Gasteiger partial charge in [0.25, 0.3) is 0 Å². The summed E-state index contributed by atoms with van der Waals surface area (Å²) in [5.41, 5.74) is 0.00111. The predicted octanol–water partition coefficient (Wildman–Crippen LogP) is 1.06. The zero-order valence-corrected chi connectivity index (χ0v) is 11.8. The van der Waals surface area contributed by atoms with Gasteiger partial charge in [-0.2, -0.15) is 0 Å². The number of carbonyl (C=O) groups is 1. The molecule has 1 aromatic heterocycles. The van der Waals surface area contributed by atoms with Gasteiger partial charge in [0.1, 0.15) is 5.82 Å². The van der Waals surface area contributed by atoms with Gasteiger partial charge in [0, 0.05) is 19.3 Å². The zero-order chi connectivity index (χ0) is 14.2. The smallest absolute Gasteiger partial charge is 0.337 e. The summed E-state index contributed by atoms with van der Waals surface area (Å²) in [5, 5.41) is 9.03. The summed E-state index contributed by atoms with van der Waals surface area (Å²) in [6, 6.07) is 1.14. The van der Waals surface area contributed by atoms with Gasteiger partial charge in [0.15, 0.2) is 9.84 Å². The first-order valence-electron chi connectivity index (χ1n) is 5.62. The van der Waals surface area contributed by atoms with Gasteiger partial charge in [-0.15, -0.1) is 0 Å².